The molecule has 0 aliphatic carbocycles. The van der Waals surface area contributed by atoms with Crippen molar-refractivity contribution in [3.8, 4) is 11.8 Å². The highest BCUT2D eigenvalue weighted by molar-refractivity contribution is 5.96. The second-order valence-corrected chi connectivity index (χ2v) is 8.28. The lowest BCUT2D eigenvalue weighted by Gasteiger charge is -2.29. The Morgan fingerprint density at radius 3 is 2.73 bits per heavy atom. The van der Waals surface area contributed by atoms with E-state index in [9.17, 15) is 4.79 Å². The van der Waals surface area contributed by atoms with Gasteiger partial charge in [0.2, 0.25) is 5.91 Å². The van der Waals surface area contributed by atoms with Gasteiger partial charge in [0.05, 0.1) is 25.6 Å². The monoisotopic (exact) mass is 442 g/mol. The summed E-state index contributed by atoms with van der Waals surface area (Å²) in [6.07, 6.45) is 8.26. The minimum absolute atomic E-state index is 0.0777. The van der Waals surface area contributed by atoms with Gasteiger partial charge in [0.25, 0.3) is 0 Å². The van der Waals surface area contributed by atoms with Gasteiger partial charge in [-0.15, -0.1) is 0 Å². The van der Waals surface area contributed by atoms with Gasteiger partial charge in [0, 0.05) is 47.4 Å². The first kappa shape index (κ1) is 22.6. The number of hydrogen-bond donors (Lipinski definition) is 1. The van der Waals surface area contributed by atoms with Gasteiger partial charge in [0.15, 0.2) is 0 Å². The van der Waals surface area contributed by atoms with Crippen LogP contribution in [0.2, 0.25) is 0 Å². The molecule has 0 saturated carbocycles. The quantitative estimate of drug-likeness (QED) is 0.494. The number of aromatic nitrogens is 1. The molecule has 1 aromatic heterocycles. The van der Waals surface area contributed by atoms with Crippen LogP contribution in [0.1, 0.15) is 36.4 Å². The van der Waals surface area contributed by atoms with E-state index in [2.05, 4.69) is 26.9 Å². The Bertz CT molecular complexity index is 1170. The largest absolute Gasteiger partial charge is 0.496 e. The molecular formula is C27H30N4O2. The van der Waals surface area contributed by atoms with E-state index in [0.29, 0.717) is 19.5 Å². The second-order valence-electron chi connectivity index (χ2n) is 8.28. The van der Waals surface area contributed by atoms with Crippen LogP contribution in [0.4, 0.5) is 0 Å². The van der Waals surface area contributed by atoms with Crippen molar-refractivity contribution >= 4 is 22.9 Å². The molecule has 3 aromatic rings. The lowest BCUT2D eigenvalue weighted by atomic mass is 10.0. The standard InChI is InChI=1S/C27H30N4O2/c1-33-26-12-5-3-10-23(26)25(30-16-6-7-17-30)19-29-27(32)14-13-21-20-31(18-8-15-28)24-11-4-2-9-22(21)24/h2-5,9-14,20,25H,6-8,16-19H2,1H3,(H,29,32)/b14-13+. The average Bonchev–Trinajstić information content (AvgIpc) is 3.50. The van der Waals surface area contributed by atoms with Gasteiger partial charge in [-0.25, -0.2) is 0 Å². The molecule has 6 nitrogen and oxygen atoms in total. The molecule has 1 fully saturated rings. The zero-order valence-corrected chi connectivity index (χ0v) is 19.0. The van der Waals surface area contributed by atoms with Crippen molar-refractivity contribution in [3.05, 3.63) is 71.9 Å². The summed E-state index contributed by atoms with van der Waals surface area (Å²) in [5.74, 6) is 0.729. The number of carbonyl (C=O) groups excluding carboxylic acids is 1. The highest BCUT2D eigenvalue weighted by Crippen LogP contribution is 2.31. The number of rotatable bonds is 9. The molecule has 1 saturated heterocycles. The molecular weight excluding hydrogens is 412 g/mol. The van der Waals surface area contributed by atoms with Crippen LogP contribution in [0.5, 0.6) is 5.75 Å². The van der Waals surface area contributed by atoms with Crippen molar-refractivity contribution < 1.29 is 9.53 Å². The molecule has 1 amide bonds. The molecule has 2 heterocycles. The van der Waals surface area contributed by atoms with Gasteiger partial charge >= 0.3 is 0 Å². The molecule has 1 unspecified atom stereocenters. The fourth-order valence-corrected chi connectivity index (χ4v) is 4.62. The number of amides is 1. The van der Waals surface area contributed by atoms with E-state index >= 15 is 0 Å². The predicted molar refractivity (Wildman–Crippen MR) is 131 cm³/mol. The number of hydrogen-bond acceptors (Lipinski definition) is 4. The maximum absolute atomic E-state index is 12.7. The summed E-state index contributed by atoms with van der Waals surface area (Å²) in [4.78, 5) is 15.2. The van der Waals surface area contributed by atoms with Crippen molar-refractivity contribution in [1.29, 1.82) is 5.26 Å². The number of fused-ring (bicyclic) bond motifs is 1. The third kappa shape index (κ3) is 5.27. The topological polar surface area (TPSA) is 70.3 Å². The fourth-order valence-electron chi connectivity index (χ4n) is 4.62. The van der Waals surface area contributed by atoms with E-state index in [0.717, 1.165) is 40.9 Å². The highest BCUT2D eigenvalue weighted by atomic mass is 16.5. The van der Waals surface area contributed by atoms with Crippen molar-refractivity contribution in [2.24, 2.45) is 0 Å². The number of nitrogens with one attached hydrogen (secondary N) is 1. The molecule has 1 aliphatic heterocycles. The van der Waals surface area contributed by atoms with Crippen LogP contribution >= 0.6 is 0 Å². The summed E-state index contributed by atoms with van der Waals surface area (Å²) in [7, 11) is 1.69. The van der Waals surface area contributed by atoms with Crippen LogP contribution in [-0.2, 0) is 11.3 Å². The Labute approximate surface area is 195 Å². The molecule has 6 heteroatoms. The predicted octanol–water partition coefficient (Wildman–Crippen LogP) is 4.53. The third-order valence-electron chi connectivity index (χ3n) is 6.25. The normalized spacial score (nSPS) is 15.0. The van der Waals surface area contributed by atoms with Crippen LogP contribution in [0.15, 0.2) is 60.8 Å². The fraction of sp³-hybridized carbons (Fsp3) is 0.333. The number of para-hydroxylation sites is 2. The zero-order chi connectivity index (χ0) is 23.0. The van der Waals surface area contributed by atoms with E-state index in [4.69, 9.17) is 10.00 Å². The number of benzene rings is 2. The van der Waals surface area contributed by atoms with Crippen molar-refractivity contribution in [3.63, 3.8) is 0 Å². The Kier molecular flexibility index (Phi) is 7.43. The molecule has 170 valence electrons. The number of carbonyl (C=O) groups is 1. The molecule has 1 aliphatic rings. The maximum Gasteiger partial charge on any atom is 0.244 e. The first-order valence-electron chi connectivity index (χ1n) is 11.5. The summed E-state index contributed by atoms with van der Waals surface area (Å²) >= 11 is 0. The number of methoxy groups -OCH3 is 1. The Morgan fingerprint density at radius 1 is 1.18 bits per heavy atom. The lowest BCUT2D eigenvalue weighted by Crippen LogP contribution is -2.36. The minimum atomic E-state index is -0.122. The van der Waals surface area contributed by atoms with Gasteiger partial charge in [-0.2, -0.15) is 5.26 Å². The molecule has 2 aromatic carbocycles. The van der Waals surface area contributed by atoms with Crippen molar-refractivity contribution in [2.75, 3.05) is 26.7 Å². The molecule has 4 rings (SSSR count). The highest BCUT2D eigenvalue weighted by Gasteiger charge is 2.26. The van der Waals surface area contributed by atoms with E-state index in [-0.39, 0.29) is 11.9 Å². The number of aryl methyl sites for hydroxylation is 1. The number of likely N-dealkylation sites (tertiary alicyclic amines) is 1. The SMILES string of the molecule is COc1ccccc1C(CNC(=O)/C=C/c1cn(CCC#N)c2ccccc12)N1CCCC1. The van der Waals surface area contributed by atoms with Crippen molar-refractivity contribution in [1.82, 2.24) is 14.8 Å². The van der Waals surface area contributed by atoms with E-state index in [1.54, 1.807) is 13.2 Å². The third-order valence-corrected chi connectivity index (χ3v) is 6.25. The van der Waals surface area contributed by atoms with Crippen LogP contribution in [0, 0.1) is 11.3 Å². The number of nitriles is 1. The molecule has 0 spiro atoms. The maximum atomic E-state index is 12.7. The Balaban J connectivity index is 1.48. The smallest absolute Gasteiger partial charge is 0.244 e. The first-order valence-corrected chi connectivity index (χ1v) is 11.5. The molecule has 1 atom stereocenters. The van der Waals surface area contributed by atoms with Crippen LogP contribution < -0.4 is 10.1 Å². The van der Waals surface area contributed by atoms with Gasteiger partial charge in [-0.3, -0.25) is 9.69 Å². The van der Waals surface area contributed by atoms with Gasteiger partial charge in [0.1, 0.15) is 5.75 Å². The molecule has 0 bridgehead atoms. The minimum Gasteiger partial charge on any atom is -0.496 e. The average molecular weight is 443 g/mol. The summed E-state index contributed by atoms with van der Waals surface area (Å²) in [5.41, 5.74) is 3.14. The van der Waals surface area contributed by atoms with Crippen LogP contribution in [-0.4, -0.2) is 42.1 Å². The summed E-state index contributed by atoms with van der Waals surface area (Å²) in [6, 6.07) is 18.4. The second kappa shape index (κ2) is 10.8. The Hall–Kier alpha value is -3.56. The molecule has 0 radical (unpaired) electrons. The first-order chi connectivity index (χ1) is 16.2. The zero-order valence-electron chi connectivity index (χ0n) is 19.0. The van der Waals surface area contributed by atoms with Gasteiger partial charge < -0.3 is 14.6 Å². The summed E-state index contributed by atoms with van der Waals surface area (Å²) in [5, 5.41) is 13.1. The number of nitrogens with zero attached hydrogens (tertiary/aromatic N) is 3. The van der Waals surface area contributed by atoms with E-state index in [1.165, 1.54) is 12.8 Å². The lowest BCUT2D eigenvalue weighted by molar-refractivity contribution is -0.116. The van der Waals surface area contributed by atoms with E-state index < -0.39 is 0 Å². The van der Waals surface area contributed by atoms with Crippen molar-refractivity contribution in [2.45, 2.75) is 31.8 Å². The molecule has 1 N–H and O–H groups in total. The summed E-state index contributed by atoms with van der Waals surface area (Å²) < 4.78 is 7.66. The van der Waals surface area contributed by atoms with Gasteiger partial charge in [-0.05, 0) is 44.1 Å². The number of ether oxygens (including phenoxy) is 1. The summed E-state index contributed by atoms with van der Waals surface area (Å²) in [6.45, 7) is 3.20. The van der Waals surface area contributed by atoms with Crippen LogP contribution in [0.25, 0.3) is 17.0 Å². The van der Waals surface area contributed by atoms with E-state index in [1.807, 2.05) is 54.7 Å². The molecule has 33 heavy (non-hydrogen) atoms. The van der Waals surface area contributed by atoms with Crippen LogP contribution in [0.3, 0.4) is 0 Å². The Morgan fingerprint density at radius 2 is 1.94 bits per heavy atom. The van der Waals surface area contributed by atoms with Gasteiger partial charge in [-0.1, -0.05) is 36.4 Å².